The molecule has 0 aliphatic heterocycles. The van der Waals surface area contributed by atoms with Crippen molar-refractivity contribution >= 4 is 33.3 Å². The predicted molar refractivity (Wildman–Crippen MR) is 121 cm³/mol. The number of fused-ring (bicyclic) bond motifs is 1. The van der Waals surface area contributed by atoms with Crippen molar-refractivity contribution in [2.45, 2.75) is 45.1 Å². The standard InChI is InChI=1S/C24H26BrNO4/c1-2-3-4-5-8-13-26-21(18-14-15(25)11-12-19(18)27)20-22(28)16-9-6-7-10-17(16)23(29)24(20)30/h6-7,9-12,14,21,26-28H,2-5,8,13H2,1H3. The molecule has 0 spiro atoms. The van der Waals surface area contributed by atoms with E-state index in [0.717, 1.165) is 30.2 Å². The van der Waals surface area contributed by atoms with Gasteiger partial charge in [0.15, 0.2) is 0 Å². The SMILES string of the molecule is CCCCCCCNC(C1=C(O)c2ccccc2C(=O)C1=O)c1cc(Br)ccc1O. The molecular formula is C24H26BrNO4. The molecule has 1 aliphatic carbocycles. The number of hydrogen-bond acceptors (Lipinski definition) is 5. The van der Waals surface area contributed by atoms with E-state index < -0.39 is 17.6 Å². The van der Waals surface area contributed by atoms with Gasteiger partial charge in [0.1, 0.15) is 11.5 Å². The Balaban J connectivity index is 2.00. The Hall–Kier alpha value is -2.44. The summed E-state index contributed by atoms with van der Waals surface area (Å²) in [6.45, 7) is 2.74. The summed E-state index contributed by atoms with van der Waals surface area (Å²) in [4.78, 5) is 25.7. The average Bonchev–Trinajstić information content (AvgIpc) is 2.75. The van der Waals surface area contributed by atoms with Gasteiger partial charge in [0.05, 0.1) is 11.6 Å². The van der Waals surface area contributed by atoms with Crippen molar-refractivity contribution in [1.82, 2.24) is 5.32 Å². The number of halogens is 1. The maximum atomic E-state index is 13.0. The minimum Gasteiger partial charge on any atom is -0.508 e. The zero-order chi connectivity index (χ0) is 21.7. The lowest BCUT2D eigenvalue weighted by atomic mass is 9.83. The zero-order valence-electron chi connectivity index (χ0n) is 17.0. The summed E-state index contributed by atoms with van der Waals surface area (Å²) in [5, 5.41) is 24.7. The van der Waals surface area contributed by atoms with E-state index in [1.807, 2.05) is 0 Å². The van der Waals surface area contributed by atoms with Crippen LogP contribution in [0, 0.1) is 0 Å². The normalized spacial score (nSPS) is 14.7. The van der Waals surface area contributed by atoms with Crippen LogP contribution in [-0.4, -0.2) is 28.3 Å². The fourth-order valence-corrected chi connectivity index (χ4v) is 4.13. The van der Waals surface area contributed by atoms with Gasteiger partial charge in [-0.2, -0.15) is 0 Å². The second-order valence-corrected chi connectivity index (χ2v) is 8.39. The van der Waals surface area contributed by atoms with Crippen LogP contribution in [-0.2, 0) is 4.79 Å². The number of nitrogens with one attached hydrogen (secondary N) is 1. The Morgan fingerprint density at radius 1 is 0.933 bits per heavy atom. The molecule has 158 valence electrons. The quantitative estimate of drug-likeness (QED) is 0.332. The lowest BCUT2D eigenvalue weighted by Crippen LogP contribution is -2.34. The number of benzene rings is 2. The van der Waals surface area contributed by atoms with Crippen molar-refractivity contribution in [3.8, 4) is 5.75 Å². The minimum absolute atomic E-state index is 0.0129. The average molecular weight is 472 g/mol. The molecule has 2 aromatic carbocycles. The van der Waals surface area contributed by atoms with E-state index in [1.165, 1.54) is 18.6 Å². The smallest absolute Gasteiger partial charge is 0.235 e. The predicted octanol–water partition coefficient (Wildman–Crippen LogP) is 5.49. The minimum atomic E-state index is -0.807. The molecule has 3 N–H and O–H groups in total. The monoisotopic (exact) mass is 471 g/mol. The van der Waals surface area contributed by atoms with Crippen molar-refractivity contribution < 1.29 is 19.8 Å². The Bertz CT molecular complexity index is 983. The molecule has 0 amide bonds. The highest BCUT2D eigenvalue weighted by molar-refractivity contribution is 9.10. The molecule has 0 fully saturated rings. The van der Waals surface area contributed by atoms with Gasteiger partial charge in [-0.3, -0.25) is 9.59 Å². The lowest BCUT2D eigenvalue weighted by molar-refractivity contribution is -0.112. The van der Waals surface area contributed by atoms with Gasteiger partial charge >= 0.3 is 0 Å². The Morgan fingerprint density at radius 2 is 1.63 bits per heavy atom. The number of ketones is 2. The topological polar surface area (TPSA) is 86.6 Å². The third kappa shape index (κ3) is 4.65. The van der Waals surface area contributed by atoms with Crippen LogP contribution in [0.2, 0.25) is 0 Å². The second kappa shape index (κ2) is 10.0. The number of phenolic OH excluding ortho intramolecular Hbond substituents is 1. The summed E-state index contributed by atoms with van der Waals surface area (Å²) < 4.78 is 0.722. The maximum Gasteiger partial charge on any atom is 0.235 e. The summed E-state index contributed by atoms with van der Waals surface area (Å²) in [5.41, 5.74) is 0.933. The molecule has 3 rings (SSSR count). The van der Waals surface area contributed by atoms with Crippen LogP contribution in [0.4, 0.5) is 0 Å². The molecule has 1 atom stereocenters. The number of rotatable bonds is 9. The van der Waals surface area contributed by atoms with Crippen LogP contribution < -0.4 is 5.32 Å². The van der Waals surface area contributed by atoms with Crippen LogP contribution >= 0.6 is 15.9 Å². The Kier molecular flexibility index (Phi) is 7.45. The number of aliphatic hydroxyl groups is 1. The first kappa shape index (κ1) is 22.2. The molecule has 0 saturated carbocycles. The Morgan fingerprint density at radius 3 is 2.37 bits per heavy atom. The van der Waals surface area contributed by atoms with Crippen LogP contribution in [0.3, 0.4) is 0 Å². The third-order valence-corrected chi connectivity index (χ3v) is 5.84. The van der Waals surface area contributed by atoms with Crippen LogP contribution in [0.15, 0.2) is 52.5 Å². The first-order valence-corrected chi connectivity index (χ1v) is 11.1. The summed E-state index contributed by atoms with van der Waals surface area (Å²) in [7, 11) is 0. The van der Waals surface area contributed by atoms with Gasteiger partial charge in [-0.15, -0.1) is 0 Å². The number of unbranched alkanes of at least 4 members (excludes halogenated alkanes) is 4. The highest BCUT2D eigenvalue weighted by Crippen LogP contribution is 2.38. The van der Waals surface area contributed by atoms with Gasteiger partial charge in [-0.05, 0) is 31.2 Å². The summed E-state index contributed by atoms with van der Waals surface area (Å²) >= 11 is 3.40. The summed E-state index contributed by atoms with van der Waals surface area (Å²) in [6, 6.07) is 10.6. The first-order chi connectivity index (χ1) is 14.5. The number of phenols is 1. The highest BCUT2D eigenvalue weighted by Gasteiger charge is 2.38. The van der Waals surface area contributed by atoms with Gasteiger partial charge in [0.25, 0.3) is 0 Å². The van der Waals surface area contributed by atoms with Gasteiger partial charge < -0.3 is 15.5 Å². The first-order valence-electron chi connectivity index (χ1n) is 10.3. The molecule has 0 saturated heterocycles. The number of Topliss-reactive ketones (excluding diaryl/α,β-unsaturated/α-hetero) is 2. The number of hydrogen-bond donors (Lipinski definition) is 3. The molecule has 30 heavy (non-hydrogen) atoms. The third-order valence-electron chi connectivity index (χ3n) is 5.35. The van der Waals surface area contributed by atoms with Gasteiger partial charge in [-0.1, -0.05) is 72.8 Å². The lowest BCUT2D eigenvalue weighted by Gasteiger charge is -2.26. The maximum absolute atomic E-state index is 13.0. The molecule has 0 bridgehead atoms. The van der Waals surface area contributed by atoms with Gasteiger partial charge in [-0.25, -0.2) is 0 Å². The van der Waals surface area contributed by atoms with Crippen molar-refractivity contribution in [1.29, 1.82) is 0 Å². The van der Waals surface area contributed by atoms with E-state index in [-0.39, 0.29) is 22.6 Å². The van der Waals surface area contributed by atoms with Crippen LogP contribution in [0.1, 0.15) is 66.6 Å². The van der Waals surface area contributed by atoms with Gasteiger partial charge in [0, 0.05) is 21.2 Å². The zero-order valence-corrected chi connectivity index (χ0v) is 18.5. The summed E-state index contributed by atoms with van der Waals surface area (Å²) in [5.74, 6) is -1.64. The van der Waals surface area contributed by atoms with Crippen LogP contribution in [0.5, 0.6) is 5.75 Å². The van der Waals surface area contributed by atoms with E-state index in [4.69, 9.17) is 0 Å². The van der Waals surface area contributed by atoms with Crippen LogP contribution in [0.25, 0.3) is 5.76 Å². The number of carbonyl (C=O) groups excluding carboxylic acids is 2. The van der Waals surface area contributed by atoms with E-state index in [9.17, 15) is 19.8 Å². The summed E-state index contributed by atoms with van der Waals surface area (Å²) in [6.07, 6.45) is 5.38. The number of aliphatic hydroxyl groups excluding tert-OH is 1. The molecule has 2 aromatic rings. The molecule has 1 aliphatic rings. The van der Waals surface area contributed by atoms with Crippen molar-refractivity contribution in [2.24, 2.45) is 0 Å². The molecule has 0 aromatic heterocycles. The van der Waals surface area contributed by atoms with Crippen molar-refractivity contribution in [3.05, 3.63) is 69.2 Å². The number of carbonyl (C=O) groups is 2. The van der Waals surface area contributed by atoms with Gasteiger partial charge in [0.2, 0.25) is 11.6 Å². The molecular weight excluding hydrogens is 446 g/mol. The second-order valence-electron chi connectivity index (χ2n) is 7.47. The highest BCUT2D eigenvalue weighted by atomic mass is 79.9. The fourth-order valence-electron chi connectivity index (χ4n) is 3.75. The fraction of sp³-hybridized carbons (Fsp3) is 0.333. The molecule has 0 radical (unpaired) electrons. The number of aromatic hydroxyl groups is 1. The molecule has 1 unspecified atom stereocenters. The molecule has 6 heteroatoms. The van der Waals surface area contributed by atoms with E-state index >= 15 is 0 Å². The molecule has 0 heterocycles. The van der Waals surface area contributed by atoms with Crippen molar-refractivity contribution in [3.63, 3.8) is 0 Å². The van der Waals surface area contributed by atoms with E-state index in [1.54, 1.807) is 30.3 Å². The Labute approximate surface area is 185 Å². The largest absolute Gasteiger partial charge is 0.508 e. The van der Waals surface area contributed by atoms with Crippen molar-refractivity contribution in [2.75, 3.05) is 6.54 Å². The molecule has 5 nitrogen and oxygen atoms in total. The van der Waals surface area contributed by atoms with E-state index in [2.05, 4.69) is 28.2 Å². The van der Waals surface area contributed by atoms with E-state index in [0.29, 0.717) is 17.7 Å².